The van der Waals surface area contributed by atoms with Crippen molar-refractivity contribution in [1.82, 2.24) is 10.2 Å². The Morgan fingerprint density at radius 2 is 2.00 bits per heavy atom. The molecular weight excluding hydrogens is 200 g/mol. The second-order valence-corrected chi connectivity index (χ2v) is 4.44. The van der Waals surface area contributed by atoms with Gasteiger partial charge in [0.1, 0.15) is 0 Å². The molecule has 3 heteroatoms. The summed E-state index contributed by atoms with van der Waals surface area (Å²) in [5.41, 5.74) is 0. The molecule has 0 aromatic carbocycles. The molecule has 1 N–H and O–H groups in total. The average Bonchev–Trinajstić information content (AvgIpc) is 2.30. The standard InChI is InChI=1S/C13H30N2O/c1-5-7-10-15(4)13(3)12-14-9-8-11-16-6-2/h13-14H,5-12H2,1-4H3. The first kappa shape index (κ1) is 15.9. The average molecular weight is 230 g/mol. The van der Waals surface area contributed by atoms with Gasteiger partial charge in [-0.2, -0.15) is 0 Å². The van der Waals surface area contributed by atoms with Crippen LogP contribution in [0.4, 0.5) is 0 Å². The lowest BCUT2D eigenvalue weighted by Gasteiger charge is -2.24. The minimum absolute atomic E-state index is 0.624. The molecule has 0 fully saturated rings. The summed E-state index contributed by atoms with van der Waals surface area (Å²) in [6.07, 6.45) is 3.68. The molecule has 0 saturated heterocycles. The Labute approximate surface area is 102 Å². The first-order valence-electron chi connectivity index (χ1n) is 6.71. The van der Waals surface area contributed by atoms with Gasteiger partial charge >= 0.3 is 0 Å². The van der Waals surface area contributed by atoms with Crippen LogP contribution in [0.3, 0.4) is 0 Å². The molecule has 0 spiro atoms. The van der Waals surface area contributed by atoms with Gasteiger partial charge in [0.05, 0.1) is 0 Å². The van der Waals surface area contributed by atoms with E-state index < -0.39 is 0 Å². The van der Waals surface area contributed by atoms with Crippen molar-refractivity contribution in [2.24, 2.45) is 0 Å². The monoisotopic (exact) mass is 230 g/mol. The van der Waals surface area contributed by atoms with Crippen LogP contribution in [-0.2, 0) is 4.74 Å². The van der Waals surface area contributed by atoms with Gasteiger partial charge in [0.25, 0.3) is 0 Å². The highest BCUT2D eigenvalue weighted by molar-refractivity contribution is 4.65. The molecular formula is C13H30N2O. The predicted octanol–water partition coefficient (Wildman–Crippen LogP) is 2.12. The third-order valence-corrected chi connectivity index (χ3v) is 2.90. The summed E-state index contributed by atoms with van der Waals surface area (Å²) >= 11 is 0. The number of hydrogen-bond acceptors (Lipinski definition) is 3. The molecule has 3 nitrogen and oxygen atoms in total. The van der Waals surface area contributed by atoms with Crippen molar-refractivity contribution in [3.8, 4) is 0 Å². The highest BCUT2D eigenvalue weighted by atomic mass is 16.5. The van der Waals surface area contributed by atoms with Gasteiger partial charge in [0.2, 0.25) is 0 Å². The maximum atomic E-state index is 5.29. The quantitative estimate of drug-likeness (QED) is 0.550. The lowest BCUT2D eigenvalue weighted by molar-refractivity contribution is 0.144. The van der Waals surface area contributed by atoms with Crippen molar-refractivity contribution >= 4 is 0 Å². The Morgan fingerprint density at radius 1 is 1.25 bits per heavy atom. The first-order valence-corrected chi connectivity index (χ1v) is 6.71. The maximum absolute atomic E-state index is 5.29. The summed E-state index contributed by atoms with van der Waals surface area (Å²) in [6, 6.07) is 0.624. The van der Waals surface area contributed by atoms with Crippen LogP contribution in [0.15, 0.2) is 0 Å². The summed E-state index contributed by atoms with van der Waals surface area (Å²) in [7, 11) is 2.21. The van der Waals surface area contributed by atoms with Crippen molar-refractivity contribution in [2.75, 3.05) is 39.9 Å². The molecule has 0 heterocycles. The van der Waals surface area contributed by atoms with Gasteiger partial charge in [-0.25, -0.2) is 0 Å². The van der Waals surface area contributed by atoms with E-state index in [2.05, 4.69) is 31.1 Å². The number of ether oxygens (including phenoxy) is 1. The summed E-state index contributed by atoms with van der Waals surface area (Å²) in [4.78, 5) is 2.43. The van der Waals surface area contributed by atoms with Crippen LogP contribution in [0.5, 0.6) is 0 Å². The second kappa shape index (κ2) is 11.4. The molecule has 16 heavy (non-hydrogen) atoms. The van der Waals surface area contributed by atoms with E-state index in [1.54, 1.807) is 0 Å². The normalized spacial score (nSPS) is 13.3. The molecule has 0 rings (SSSR count). The molecule has 98 valence electrons. The third kappa shape index (κ3) is 9.13. The van der Waals surface area contributed by atoms with Gasteiger partial charge in [-0.15, -0.1) is 0 Å². The van der Waals surface area contributed by atoms with Crippen LogP contribution in [0.2, 0.25) is 0 Å². The molecule has 1 unspecified atom stereocenters. The highest BCUT2D eigenvalue weighted by Gasteiger charge is 2.06. The zero-order valence-electron chi connectivity index (χ0n) is 11.6. The fraction of sp³-hybridized carbons (Fsp3) is 1.00. The molecule has 0 radical (unpaired) electrons. The van der Waals surface area contributed by atoms with E-state index in [9.17, 15) is 0 Å². The summed E-state index contributed by atoms with van der Waals surface area (Å²) in [6.45, 7) is 11.6. The lowest BCUT2D eigenvalue weighted by Crippen LogP contribution is -2.38. The highest BCUT2D eigenvalue weighted by Crippen LogP contribution is 1.97. The number of nitrogens with one attached hydrogen (secondary N) is 1. The van der Waals surface area contributed by atoms with Crippen molar-refractivity contribution < 1.29 is 4.74 Å². The number of rotatable bonds is 11. The molecule has 0 amide bonds. The topological polar surface area (TPSA) is 24.5 Å². The van der Waals surface area contributed by atoms with Crippen molar-refractivity contribution in [2.45, 2.75) is 46.1 Å². The Morgan fingerprint density at radius 3 is 2.62 bits per heavy atom. The molecule has 0 aliphatic rings. The number of likely N-dealkylation sites (N-methyl/N-ethyl adjacent to an activating group) is 1. The summed E-state index contributed by atoms with van der Waals surface area (Å²) in [5.74, 6) is 0. The minimum Gasteiger partial charge on any atom is -0.382 e. The van der Waals surface area contributed by atoms with Crippen LogP contribution in [0.25, 0.3) is 0 Å². The molecule has 0 aromatic heterocycles. The van der Waals surface area contributed by atoms with Crippen LogP contribution >= 0.6 is 0 Å². The van der Waals surface area contributed by atoms with Gasteiger partial charge < -0.3 is 15.0 Å². The Kier molecular flexibility index (Phi) is 11.3. The molecule has 0 aliphatic carbocycles. The minimum atomic E-state index is 0.624. The van der Waals surface area contributed by atoms with Crippen molar-refractivity contribution in [3.63, 3.8) is 0 Å². The van der Waals surface area contributed by atoms with Crippen molar-refractivity contribution in [3.05, 3.63) is 0 Å². The van der Waals surface area contributed by atoms with Crippen LogP contribution < -0.4 is 5.32 Å². The van der Waals surface area contributed by atoms with E-state index in [1.807, 2.05) is 6.92 Å². The largest absolute Gasteiger partial charge is 0.382 e. The summed E-state index contributed by atoms with van der Waals surface area (Å²) < 4.78 is 5.29. The van der Waals surface area contributed by atoms with Gasteiger partial charge in [-0.05, 0) is 46.8 Å². The molecule has 0 aliphatic heterocycles. The molecule has 0 bridgehead atoms. The summed E-state index contributed by atoms with van der Waals surface area (Å²) in [5, 5.41) is 3.48. The van der Waals surface area contributed by atoms with Crippen LogP contribution in [-0.4, -0.2) is 50.8 Å². The zero-order valence-corrected chi connectivity index (χ0v) is 11.6. The predicted molar refractivity (Wildman–Crippen MR) is 71.0 cm³/mol. The van der Waals surface area contributed by atoms with E-state index in [4.69, 9.17) is 4.74 Å². The third-order valence-electron chi connectivity index (χ3n) is 2.90. The lowest BCUT2D eigenvalue weighted by atomic mass is 10.2. The SMILES string of the molecule is CCCCN(C)C(C)CNCCCOCC. The zero-order chi connectivity index (χ0) is 12.2. The van der Waals surface area contributed by atoms with Crippen molar-refractivity contribution in [1.29, 1.82) is 0 Å². The second-order valence-electron chi connectivity index (χ2n) is 4.44. The Bertz CT molecular complexity index is 142. The molecule has 1 atom stereocenters. The van der Waals surface area contributed by atoms with E-state index in [0.717, 1.165) is 32.7 Å². The van der Waals surface area contributed by atoms with Gasteiger partial charge in [0, 0.05) is 25.8 Å². The fourth-order valence-corrected chi connectivity index (χ4v) is 1.54. The van der Waals surface area contributed by atoms with E-state index in [0.29, 0.717) is 6.04 Å². The fourth-order valence-electron chi connectivity index (χ4n) is 1.54. The van der Waals surface area contributed by atoms with E-state index in [1.165, 1.54) is 19.4 Å². The first-order chi connectivity index (χ1) is 7.72. The maximum Gasteiger partial charge on any atom is 0.0477 e. The number of unbranched alkanes of at least 4 members (excludes halogenated alkanes) is 1. The number of hydrogen-bond donors (Lipinski definition) is 1. The van der Waals surface area contributed by atoms with Gasteiger partial charge in [-0.3, -0.25) is 0 Å². The number of nitrogens with zero attached hydrogens (tertiary/aromatic N) is 1. The Hall–Kier alpha value is -0.120. The molecule has 0 saturated carbocycles. The van der Waals surface area contributed by atoms with Gasteiger partial charge in [0.15, 0.2) is 0 Å². The van der Waals surface area contributed by atoms with Gasteiger partial charge in [-0.1, -0.05) is 13.3 Å². The van der Waals surface area contributed by atoms with E-state index >= 15 is 0 Å². The smallest absolute Gasteiger partial charge is 0.0477 e. The molecule has 0 aromatic rings. The van der Waals surface area contributed by atoms with Crippen LogP contribution in [0.1, 0.15) is 40.0 Å². The van der Waals surface area contributed by atoms with E-state index in [-0.39, 0.29) is 0 Å². The van der Waals surface area contributed by atoms with Crippen LogP contribution in [0, 0.1) is 0 Å². The Balaban J connectivity index is 3.31.